The number of ether oxygens (including phenoxy) is 4. The number of aliphatic hydroxyl groups is 1. The van der Waals surface area contributed by atoms with Gasteiger partial charge in [-0.15, -0.1) is 0 Å². The van der Waals surface area contributed by atoms with Crippen LogP contribution < -0.4 is 35.0 Å². The highest BCUT2D eigenvalue weighted by atomic mass is 36.0. The van der Waals surface area contributed by atoms with E-state index in [1.54, 1.807) is 24.3 Å². The average molecular weight is 1070 g/mol. The number of anilines is 1. The van der Waals surface area contributed by atoms with Crippen molar-refractivity contribution in [2.24, 2.45) is 25.0 Å². The maximum absolute atomic E-state index is 12.7. The Kier molecular flexibility index (Phi) is 13.0. The summed E-state index contributed by atoms with van der Waals surface area (Å²) in [5.74, 6) is 4.76. The highest BCUT2D eigenvalue weighted by Gasteiger charge is 2.38. The van der Waals surface area contributed by atoms with Crippen LogP contribution in [0.5, 0.6) is 40.2 Å². The SMILES string of the molecule is O=S(=O)(Cl)Cl.OC1(Oc2ccccc2)C=CC=c2c1c1[nH]c2=NC2=NC(=Nc3[nH]c(c4cccc(Oc5ccccc5)c34)NC3=NC(=N1)c1cccc(Oc4ccccc4)c13)c1cccc(Oc3ccccc3)c12.[AlH3]. The number of H-pyrrole nitrogens is 2. The van der Waals surface area contributed by atoms with Crippen LogP contribution in [0, 0.1) is 0 Å². The van der Waals surface area contributed by atoms with Gasteiger partial charge in [0.05, 0.1) is 22.1 Å². The first-order valence-corrected chi connectivity index (χ1v) is 26.0. The van der Waals surface area contributed by atoms with Crippen LogP contribution in [0.15, 0.2) is 213 Å². The average Bonchev–Trinajstić information content (AvgIpc) is 4.15. The number of benzene rings is 7. The van der Waals surface area contributed by atoms with Gasteiger partial charge in [0, 0.05) is 43.1 Å². The Hall–Kier alpha value is -8.53. The minimum Gasteiger partial charge on any atom is -0.457 e. The molecule has 1 unspecified atom stereocenters. The molecule has 5 heterocycles. The molecule has 4 N–H and O–H groups in total. The number of para-hydroxylation sites is 4. The maximum Gasteiger partial charge on any atom is 0.317 e. The zero-order valence-corrected chi connectivity index (χ0v) is 40.6. The fourth-order valence-electron chi connectivity index (χ4n) is 8.94. The number of rotatable bonds is 8. The Bertz CT molecular complexity index is 4110. The predicted molar refractivity (Wildman–Crippen MR) is 297 cm³/mol. The monoisotopic (exact) mass is 1060 g/mol. The van der Waals surface area contributed by atoms with Gasteiger partial charge in [-0.05, 0) is 72.8 Å². The van der Waals surface area contributed by atoms with Gasteiger partial charge < -0.3 is 39.3 Å². The summed E-state index contributed by atoms with van der Waals surface area (Å²) in [7, 11) is 4.81. The van der Waals surface area contributed by atoms with Crippen LogP contribution in [-0.4, -0.2) is 64.2 Å². The largest absolute Gasteiger partial charge is 0.457 e. The van der Waals surface area contributed by atoms with E-state index in [9.17, 15) is 5.11 Å². The van der Waals surface area contributed by atoms with Crippen LogP contribution in [0.3, 0.4) is 0 Å². The zero-order valence-electron chi connectivity index (χ0n) is 38.3. The second-order valence-electron chi connectivity index (χ2n) is 16.8. The second kappa shape index (κ2) is 20.1. The third-order valence-electron chi connectivity index (χ3n) is 12.0. The molecule has 13 rings (SSSR count). The van der Waals surface area contributed by atoms with Crippen LogP contribution in [-0.2, 0) is 14.1 Å². The van der Waals surface area contributed by atoms with Crippen molar-refractivity contribution in [1.82, 2.24) is 9.97 Å². The topological polar surface area (TPSA) is 197 Å². The quantitative estimate of drug-likeness (QED) is 0.0655. The molecule has 0 spiro atoms. The smallest absolute Gasteiger partial charge is 0.317 e. The predicted octanol–water partition coefficient (Wildman–Crippen LogP) is 10.4. The Labute approximate surface area is 447 Å². The van der Waals surface area contributed by atoms with Crippen molar-refractivity contribution >= 4 is 105 Å². The molecule has 15 nitrogen and oxygen atoms in total. The molecule has 0 saturated heterocycles. The number of amidine groups is 4. The fraction of sp³-hybridized carbons (Fsp3) is 0.0179. The molecule has 0 amide bonds. The number of aromatic nitrogens is 2. The number of nitrogens with zero attached hydrogens (tertiary/aromatic N) is 5. The van der Waals surface area contributed by atoms with Gasteiger partial charge in [-0.3, -0.25) is 0 Å². The van der Waals surface area contributed by atoms with Crippen LogP contribution in [0.25, 0.3) is 16.8 Å². The molecule has 1 atom stereocenters. The Morgan fingerprint density at radius 2 is 1.03 bits per heavy atom. The van der Waals surface area contributed by atoms with Crippen molar-refractivity contribution in [2.75, 3.05) is 5.32 Å². The highest BCUT2D eigenvalue weighted by Crippen LogP contribution is 2.44. The first-order valence-electron chi connectivity index (χ1n) is 22.9. The van der Waals surface area contributed by atoms with E-state index in [1.807, 2.05) is 170 Å². The van der Waals surface area contributed by atoms with Gasteiger partial charge in [0.2, 0.25) is 0 Å². The zero-order chi connectivity index (χ0) is 50.4. The minimum absolute atomic E-state index is 0. The van der Waals surface area contributed by atoms with Gasteiger partial charge in [0.15, 0.2) is 34.9 Å². The lowest BCUT2D eigenvalue weighted by molar-refractivity contribution is -0.102. The van der Waals surface area contributed by atoms with E-state index < -0.39 is 14.1 Å². The molecule has 3 aliphatic heterocycles. The molecule has 2 aromatic heterocycles. The number of fused-ring (bicyclic) bond motifs is 18. The molecular formula is C56H39AlCl2N8O7S. The molecule has 9 aromatic rings. The summed E-state index contributed by atoms with van der Waals surface area (Å²) in [6.45, 7) is 0. The Balaban J connectivity index is 0.000000960. The van der Waals surface area contributed by atoms with Crippen LogP contribution in [0.4, 0.5) is 17.5 Å². The lowest BCUT2D eigenvalue weighted by Gasteiger charge is -2.27. The molecule has 0 saturated carbocycles. The molecule has 75 heavy (non-hydrogen) atoms. The summed E-state index contributed by atoms with van der Waals surface area (Å²) in [4.78, 5) is 33.2. The third-order valence-corrected chi connectivity index (χ3v) is 12.0. The van der Waals surface area contributed by atoms with Gasteiger partial charge in [0.1, 0.15) is 69.0 Å². The molecule has 7 aromatic carbocycles. The second-order valence-corrected chi connectivity index (χ2v) is 20.4. The number of hydrogen-bond acceptors (Lipinski definition) is 13. The van der Waals surface area contributed by atoms with Crippen LogP contribution in [0.1, 0.15) is 27.8 Å². The molecule has 0 radical (unpaired) electrons. The van der Waals surface area contributed by atoms with Gasteiger partial charge in [-0.2, -0.15) is 8.42 Å². The van der Waals surface area contributed by atoms with Crippen molar-refractivity contribution in [2.45, 2.75) is 5.79 Å². The first kappa shape index (κ1) is 48.7. The van der Waals surface area contributed by atoms with Crippen molar-refractivity contribution < 1.29 is 32.5 Å². The summed E-state index contributed by atoms with van der Waals surface area (Å²) in [5.41, 5.74) is 3.30. The lowest BCUT2D eigenvalue weighted by atomic mass is 10.0. The van der Waals surface area contributed by atoms with E-state index >= 15 is 0 Å². The van der Waals surface area contributed by atoms with Crippen LogP contribution >= 0.6 is 21.4 Å². The van der Waals surface area contributed by atoms with E-state index in [0.717, 1.165) is 5.39 Å². The molecular weight excluding hydrogens is 1030 g/mol. The van der Waals surface area contributed by atoms with E-state index in [-0.39, 0.29) is 23.2 Å². The molecule has 8 bridgehead atoms. The summed E-state index contributed by atoms with van der Waals surface area (Å²) in [5, 5.41) is 18.3. The highest BCUT2D eigenvalue weighted by molar-refractivity contribution is 8.31. The number of hydrogen-bond donors (Lipinski definition) is 4. The fourth-order valence-corrected chi connectivity index (χ4v) is 8.94. The molecule has 1 aliphatic carbocycles. The van der Waals surface area contributed by atoms with Gasteiger partial charge in [-0.1, -0.05) is 121 Å². The Morgan fingerprint density at radius 3 is 1.64 bits per heavy atom. The van der Waals surface area contributed by atoms with Gasteiger partial charge in [-0.25, -0.2) is 25.0 Å². The van der Waals surface area contributed by atoms with Crippen molar-refractivity contribution in [1.29, 1.82) is 0 Å². The third kappa shape index (κ3) is 9.87. The standard InChI is InChI=1S/C56H36N8O5.Al.Cl2O2S.3H/c65-56(69-36-23-11-4-12-24-36)32-16-28-40-47(56)55-63-50-39-27-15-31-43(68-35-21-9-3-10-22-35)46(39)53(61-50)59-48-37-25-13-29-41(66-33-17-5-1-6-18-33)44(37)52(57-48)58-49-38-26-14-30-42(67-34-19-7-2-8-20-34)45(38)54(60-49)62-51(40)64-55;;1-5(2,3)4;;;/h1-32,57,65H,(H,59,61,63)(H,58,60,62,64);;;;;. The molecule has 4 aliphatic rings. The van der Waals surface area contributed by atoms with E-state index in [0.29, 0.717) is 119 Å². The number of halogens is 2. The number of aromatic amines is 2. The number of aliphatic imine (C=N–C) groups is 4. The molecule has 368 valence electrons. The van der Waals surface area contributed by atoms with Crippen molar-refractivity contribution in [3.63, 3.8) is 0 Å². The normalized spacial score (nSPS) is 15.5. The number of nitrogens with one attached hydrogen (secondary N) is 3. The Morgan fingerprint density at radius 1 is 0.520 bits per heavy atom. The summed E-state index contributed by atoms with van der Waals surface area (Å²) < 4.78 is 44.5. The van der Waals surface area contributed by atoms with Gasteiger partial charge >= 0.3 is 8.26 Å². The van der Waals surface area contributed by atoms with E-state index in [2.05, 4.69) is 36.6 Å². The van der Waals surface area contributed by atoms with Crippen molar-refractivity contribution in [3.05, 3.63) is 227 Å². The molecule has 19 heteroatoms. The van der Waals surface area contributed by atoms with E-state index in [1.165, 1.54) is 0 Å². The molecule has 0 fully saturated rings. The first-order chi connectivity index (χ1) is 36.0. The summed E-state index contributed by atoms with van der Waals surface area (Å²) >= 11 is 0. The van der Waals surface area contributed by atoms with Gasteiger partial charge in [0.25, 0.3) is 5.79 Å². The maximum atomic E-state index is 12.7. The number of allylic oxidation sites excluding steroid dienone is 1. The summed E-state index contributed by atoms with van der Waals surface area (Å²) in [6.07, 6.45) is 5.17. The summed E-state index contributed by atoms with van der Waals surface area (Å²) in [6, 6.07) is 55.1. The van der Waals surface area contributed by atoms with Crippen LogP contribution in [0.2, 0.25) is 0 Å². The minimum atomic E-state index is -3.72. The van der Waals surface area contributed by atoms with Crippen molar-refractivity contribution in [3.8, 4) is 40.2 Å². The lowest BCUT2D eigenvalue weighted by Crippen LogP contribution is -2.40. The van der Waals surface area contributed by atoms with E-state index in [4.69, 9.17) is 52.3 Å².